The van der Waals surface area contributed by atoms with Crippen molar-refractivity contribution in [1.82, 2.24) is 4.90 Å². The molecule has 0 saturated carbocycles. The van der Waals surface area contributed by atoms with Crippen molar-refractivity contribution in [3.8, 4) is 0 Å². The summed E-state index contributed by atoms with van der Waals surface area (Å²) >= 11 is 0. The number of benzene rings is 1. The van der Waals surface area contributed by atoms with E-state index in [1.54, 1.807) is 4.90 Å². The van der Waals surface area contributed by atoms with E-state index in [0.29, 0.717) is 0 Å². The normalized spacial score (nSPS) is 17.4. The average molecular weight is 190 g/mol. The van der Waals surface area contributed by atoms with E-state index in [1.807, 2.05) is 30.3 Å². The number of hydrogen-bond acceptors (Lipinski definition) is 2. The molecule has 1 atom stereocenters. The van der Waals surface area contributed by atoms with Gasteiger partial charge in [-0.3, -0.25) is 4.79 Å². The quantitative estimate of drug-likeness (QED) is 0.753. The summed E-state index contributed by atoms with van der Waals surface area (Å²) in [6, 6.07) is 9.02. The Hall–Kier alpha value is -1.35. The lowest BCUT2D eigenvalue weighted by molar-refractivity contribution is -0.136. The second kappa shape index (κ2) is 3.80. The van der Waals surface area contributed by atoms with Gasteiger partial charge in [-0.1, -0.05) is 30.3 Å². The van der Waals surface area contributed by atoms with Crippen molar-refractivity contribution in [1.29, 1.82) is 0 Å². The van der Waals surface area contributed by atoms with Crippen LogP contribution in [0.1, 0.15) is 18.0 Å². The molecule has 1 aliphatic heterocycles. The third-order valence-corrected chi connectivity index (χ3v) is 2.59. The van der Waals surface area contributed by atoms with Gasteiger partial charge in [0.1, 0.15) is 6.04 Å². The van der Waals surface area contributed by atoms with E-state index < -0.39 is 6.04 Å². The first kappa shape index (κ1) is 9.21. The van der Waals surface area contributed by atoms with E-state index in [2.05, 4.69) is 0 Å². The van der Waals surface area contributed by atoms with E-state index in [1.165, 1.54) is 0 Å². The molecule has 1 saturated heterocycles. The first-order valence-corrected chi connectivity index (χ1v) is 4.88. The molecule has 74 valence electrons. The molecule has 1 aromatic rings. The van der Waals surface area contributed by atoms with Crippen LogP contribution in [0.5, 0.6) is 0 Å². The number of likely N-dealkylation sites (tertiary alicyclic amines) is 1. The van der Waals surface area contributed by atoms with Gasteiger partial charge in [0, 0.05) is 13.1 Å². The Morgan fingerprint density at radius 1 is 1.29 bits per heavy atom. The molecule has 3 heteroatoms. The molecule has 1 aliphatic rings. The first-order valence-electron chi connectivity index (χ1n) is 4.88. The number of nitrogens with zero attached hydrogens (tertiary/aromatic N) is 1. The highest BCUT2D eigenvalue weighted by Gasteiger charge is 2.25. The Labute approximate surface area is 83.5 Å². The summed E-state index contributed by atoms with van der Waals surface area (Å²) in [5, 5.41) is 0. The lowest BCUT2D eigenvalue weighted by Gasteiger charge is -2.33. The largest absolute Gasteiger partial charge is 0.341 e. The highest BCUT2D eigenvalue weighted by Crippen LogP contribution is 2.16. The van der Waals surface area contributed by atoms with Crippen LogP contribution in [0, 0.1) is 0 Å². The maximum atomic E-state index is 11.7. The van der Waals surface area contributed by atoms with Gasteiger partial charge in [-0.15, -0.1) is 0 Å². The molecule has 2 N–H and O–H groups in total. The van der Waals surface area contributed by atoms with Gasteiger partial charge >= 0.3 is 0 Å². The Bertz CT molecular complexity index is 319. The number of hydrogen-bond donors (Lipinski definition) is 1. The van der Waals surface area contributed by atoms with Gasteiger partial charge in [-0.2, -0.15) is 0 Å². The Morgan fingerprint density at radius 3 is 2.43 bits per heavy atom. The number of carbonyl (C=O) groups is 1. The van der Waals surface area contributed by atoms with Crippen LogP contribution < -0.4 is 5.73 Å². The molecule has 14 heavy (non-hydrogen) atoms. The van der Waals surface area contributed by atoms with Crippen LogP contribution in [0.15, 0.2) is 30.3 Å². The van der Waals surface area contributed by atoms with Crippen molar-refractivity contribution >= 4 is 5.91 Å². The lowest BCUT2D eigenvalue weighted by atomic mass is 10.0. The van der Waals surface area contributed by atoms with Crippen molar-refractivity contribution in [2.45, 2.75) is 12.5 Å². The van der Waals surface area contributed by atoms with E-state index >= 15 is 0 Å². The minimum atomic E-state index is -0.489. The van der Waals surface area contributed by atoms with Gasteiger partial charge in [0.2, 0.25) is 5.91 Å². The van der Waals surface area contributed by atoms with Crippen LogP contribution in [0.4, 0.5) is 0 Å². The monoisotopic (exact) mass is 190 g/mol. The number of carbonyl (C=O) groups excluding carboxylic acids is 1. The van der Waals surface area contributed by atoms with Crippen LogP contribution in [-0.2, 0) is 4.79 Å². The second-order valence-corrected chi connectivity index (χ2v) is 3.57. The van der Waals surface area contributed by atoms with Crippen LogP contribution in [0.2, 0.25) is 0 Å². The zero-order valence-corrected chi connectivity index (χ0v) is 8.02. The third-order valence-electron chi connectivity index (χ3n) is 2.59. The fourth-order valence-corrected chi connectivity index (χ4v) is 1.54. The fraction of sp³-hybridized carbons (Fsp3) is 0.364. The van der Waals surface area contributed by atoms with Crippen LogP contribution in [-0.4, -0.2) is 23.9 Å². The third kappa shape index (κ3) is 1.63. The SMILES string of the molecule is N[C@@H](C(=O)N1CCC1)c1ccccc1. The first-order chi connectivity index (χ1) is 6.79. The van der Waals surface area contributed by atoms with Crippen molar-refractivity contribution < 1.29 is 4.79 Å². The van der Waals surface area contributed by atoms with Crippen LogP contribution in [0.25, 0.3) is 0 Å². The summed E-state index contributed by atoms with van der Waals surface area (Å²) in [5.74, 6) is 0.0439. The molecule has 0 aromatic heterocycles. The molecule has 3 nitrogen and oxygen atoms in total. The van der Waals surface area contributed by atoms with E-state index in [4.69, 9.17) is 5.73 Å². The molecule has 1 aromatic carbocycles. The molecule has 2 rings (SSSR count). The summed E-state index contributed by atoms with van der Waals surface area (Å²) in [4.78, 5) is 13.5. The van der Waals surface area contributed by atoms with Gasteiger partial charge in [-0.25, -0.2) is 0 Å². The molecule has 1 amide bonds. The minimum absolute atomic E-state index is 0.0439. The van der Waals surface area contributed by atoms with E-state index in [-0.39, 0.29) is 5.91 Å². The Balaban J connectivity index is 2.07. The Kier molecular flexibility index (Phi) is 2.50. The number of rotatable bonds is 2. The summed E-state index contributed by atoms with van der Waals surface area (Å²) in [5.41, 5.74) is 6.75. The predicted octanol–water partition coefficient (Wildman–Crippen LogP) is 0.919. The average Bonchev–Trinajstić information content (AvgIpc) is 2.15. The van der Waals surface area contributed by atoms with Gasteiger partial charge in [0.05, 0.1) is 0 Å². The molecule has 0 bridgehead atoms. The zero-order chi connectivity index (χ0) is 9.97. The summed E-state index contributed by atoms with van der Waals surface area (Å²) < 4.78 is 0. The Morgan fingerprint density at radius 2 is 1.93 bits per heavy atom. The molecular formula is C11H14N2O. The molecule has 0 radical (unpaired) electrons. The molecule has 0 spiro atoms. The number of nitrogens with two attached hydrogens (primary N) is 1. The maximum Gasteiger partial charge on any atom is 0.244 e. The topological polar surface area (TPSA) is 46.3 Å². The molecule has 0 aliphatic carbocycles. The molecule has 1 heterocycles. The highest BCUT2D eigenvalue weighted by molar-refractivity contribution is 5.83. The summed E-state index contributed by atoms with van der Waals surface area (Å²) in [6.45, 7) is 1.72. The highest BCUT2D eigenvalue weighted by atomic mass is 16.2. The van der Waals surface area contributed by atoms with Gasteiger partial charge in [0.15, 0.2) is 0 Å². The van der Waals surface area contributed by atoms with Gasteiger partial charge in [0.25, 0.3) is 0 Å². The standard InChI is InChI=1S/C11H14N2O/c12-10(9-5-2-1-3-6-9)11(14)13-7-4-8-13/h1-3,5-6,10H,4,7-8,12H2/t10-/m1/s1. The van der Waals surface area contributed by atoms with Gasteiger partial charge in [-0.05, 0) is 12.0 Å². The summed E-state index contributed by atoms with van der Waals surface area (Å²) in [7, 11) is 0. The maximum absolute atomic E-state index is 11.7. The zero-order valence-electron chi connectivity index (χ0n) is 8.02. The van der Waals surface area contributed by atoms with Gasteiger partial charge < -0.3 is 10.6 Å². The van der Waals surface area contributed by atoms with Crippen molar-refractivity contribution in [3.63, 3.8) is 0 Å². The minimum Gasteiger partial charge on any atom is -0.341 e. The predicted molar refractivity (Wildman–Crippen MR) is 54.6 cm³/mol. The van der Waals surface area contributed by atoms with Crippen molar-refractivity contribution in [2.24, 2.45) is 5.73 Å². The molecule has 0 unspecified atom stereocenters. The van der Waals surface area contributed by atoms with Crippen molar-refractivity contribution in [3.05, 3.63) is 35.9 Å². The smallest absolute Gasteiger partial charge is 0.244 e. The lowest BCUT2D eigenvalue weighted by Crippen LogP contribution is -2.46. The van der Waals surface area contributed by atoms with Crippen LogP contribution in [0.3, 0.4) is 0 Å². The van der Waals surface area contributed by atoms with Crippen molar-refractivity contribution in [2.75, 3.05) is 13.1 Å². The van der Waals surface area contributed by atoms with E-state index in [0.717, 1.165) is 25.1 Å². The second-order valence-electron chi connectivity index (χ2n) is 3.57. The molecule has 1 fully saturated rings. The number of amides is 1. The summed E-state index contributed by atoms with van der Waals surface area (Å²) in [6.07, 6.45) is 1.10. The molecular weight excluding hydrogens is 176 g/mol. The van der Waals surface area contributed by atoms with Crippen LogP contribution >= 0.6 is 0 Å². The fourth-order valence-electron chi connectivity index (χ4n) is 1.54. The van der Waals surface area contributed by atoms with E-state index in [9.17, 15) is 4.79 Å².